The topological polar surface area (TPSA) is 38.3 Å². The zero-order valence-electron chi connectivity index (χ0n) is 9.57. The Balaban J connectivity index is 2.94. The third-order valence-electron chi connectivity index (χ3n) is 2.15. The van der Waals surface area contributed by atoms with Gasteiger partial charge in [0.15, 0.2) is 0 Å². The lowest BCUT2D eigenvalue weighted by molar-refractivity contribution is -0.145. The lowest BCUT2D eigenvalue weighted by Gasteiger charge is -2.16. The summed E-state index contributed by atoms with van der Waals surface area (Å²) in [6, 6.07) is 5.16. The van der Waals surface area contributed by atoms with Crippen LogP contribution in [0.1, 0.15) is 18.5 Å². The Labute approximate surface area is 100.0 Å². The minimum Gasteiger partial charge on any atom is -0.465 e. The van der Waals surface area contributed by atoms with Crippen molar-refractivity contribution in [3.8, 4) is 12.3 Å². The molecule has 0 fully saturated rings. The van der Waals surface area contributed by atoms with Crippen LogP contribution < -0.4 is 5.32 Å². The van der Waals surface area contributed by atoms with Crippen LogP contribution in [0.3, 0.4) is 0 Å². The van der Waals surface area contributed by atoms with Gasteiger partial charge in [0.2, 0.25) is 0 Å². The summed E-state index contributed by atoms with van der Waals surface area (Å²) in [5.41, 5.74) is 0.237. The van der Waals surface area contributed by atoms with E-state index in [0.29, 0.717) is 0 Å². The number of terminal acetylenes is 1. The van der Waals surface area contributed by atoms with Crippen LogP contribution in [-0.4, -0.2) is 19.1 Å². The molecular weight excluding hydrogens is 221 g/mol. The summed E-state index contributed by atoms with van der Waals surface area (Å²) in [4.78, 5) is 11.7. The molecule has 0 bridgehead atoms. The van der Waals surface area contributed by atoms with Gasteiger partial charge in [0, 0.05) is 5.56 Å². The lowest BCUT2D eigenvalue weighted by Crippen LogP contribution is -2.31. The number of halogens is 1. The van der Waals surface area contributed by atoms with E-state index in [9.17, 15) is 9.18 Å². The number of ether oxygens (including phenoxy) is 1. The lowest BCUT2D eigenvalue weighted by atomic mass is 10.1. The highest BCUT2D eigenvalue weighted by Crippen LogP contribution is 2.18. The summed E-state index contributed by atoms with van der Waals surface area (Å²) in [5, 5.41) is 2.76. The van der Waals surface area contributed by atoms with Crippen LogP contribution in [0.25, 0.3) is 0 Å². The first-order valence-corrected chi connectivity index (χ1v) is 5.28. The molecule has 3 nitrogen and oxygen atoms in total. The van der Waals surface area contributed by atoms with Crippen molar-refractivity contribution in [1.82, 2.24) is 5.32 Å². The minimum absolute atomic E-state index is 0.164. The van der Waals surface area contributed by atoms with Crippen LogP contribution in [0, 0.1) is 18.2 Å². The SMILES string of the molecule is C#CCNC(C(=O)OCC)c1ccccc1F. The first-order chi connectivity index (χ1) is 8.20. The van der Waals surface area contributed by atoms with Gasteiger partial charge in [-0.15, -0.1) is 6.42 Å². The second kappa shape index (κ2) is 6.66. The fourth-order valence-electron chi connectivity index (χ4n) is 1.42. The summed E-state index contributed by atoms with van der Waals surface area (Å²) < 4.78 is 18.4. The number of hydrogen-bond donors (Lipinski definition) is 1. The molecule has 17 heavy (non-hydrogen) atoms. The zero-order chi connectivity index (χ0) is 12.7. The van der Waals surface area contributed by atoms with Crippen LogP contribution in [0.2, 0.25) is 0 Å². The van der Waals surface area contributed by atoms with Gasteiger partial charge in [-0.25, -0.2) is 9.18 Å². The number of nitrogens with one attached hydrogen (secondary N) is 1. The van der Waals surface area contributed by atoms with Crippen LogP contribution in [0.5, 0.6) is 0 Å². The van der Waals surface area contributed by atoms with Gasteiger partial charge in [-0.05, 0) is 13.0 Å². The van der Waals surface area contributed by atoms with E-state index in [-0.39, 0.29) is 18.7 Å². The molecule has 0 aliphatic heterocycles. The molecule has 0 spiro atoms. The molecule has 0 aliphatic rings. The van der Waals surface area contributed by atoms with E-state index in [0.717, 1.165) is 0 Å². The Morgan fingerprint density at radius 1 is 1.59 bits per heavy atom. The molecule has 0 radical (unpaired) electrons. The van der Waals surface area contributed by atoms with Crippen LogP contribution in [0.4, 0.5) is 4.39 Å². The first kappa shape index (κ1) is 13.2. The Hall–Kier alpha value is -1.86. The third-order valence-corrected chi connectivity index (χ3v) is 2.15. The van der Waals surface area contributed by atoms with Gasteiger partial charge >= 0.3 is 5.97 Å². The summed E-state index contributed by atoms with van der Waals surface area (Å²) >= 11 is 0. The Morgan fingerprint density at radius 2 is 2.29 bits per heavy atom. The van der Waals surface area contributed by atoms with Crippen molar-refractivity contribution >= 4 is 5.97 Å². The van der Waals surface area contributed by atoms with Gasteiger partial charge in [0.05, 0.1) is 13.2 Å². The molecule has 1 atom stereocenters. The fourth-order valence-corrected chi connectivity index (χ4v) is 1.42. The summed E-state index contributed by atoms with van der Waals surface area (Å²) in [5.74, 6) is 1.35. The molecule has 0 heterocycles. The largest absolute Gasteiger partial charge is 0.465 e. The minimum atomic E-state index is -0.868. The molecule has 1 aromatic rings. The molecule has 1 rings (SSSR count). The number of esters is 1. The smallest absolute Gasteiger partial charge is 0.327 e. The number of carbonyl (C=O) groups excluding carboxylic acids is 1. The summed E-state index contributed by atoms with van der Waals surface area (Å²) in [6.45, 7) is 2.09. The Morgan fingerprint density at radius 3 is 2.88 bits per heavy atom. The highest BCUT2D eigenvalue weighted by atomic mass is 19.1. The van der Waals surface area contributed by atoms with E-state index in [1.807, 2.05) is 0 Å². The van der Waals surface area contributed by atoms with Crippen LogP contribution >= 0.6 is 0 Å². The Bertz CT molecular complexity index is 426. The molecule has 0 aromatic heterocycles. The van der Waals surface area contributed by atoms with Crippen LogP contribution in [-0.2, 0) is 9.53 Å². The maximum absolute atomic E-state index is 13.6. The molecule has 1 unspecified atom stereocenters. The molecule has 0 aliphatic carbocycles. The fraction of sp³-hybridized carbons (Fsp3) is 0.308. The van der Waals surface area contributed by atoms with E-state index in [2.05, 4.69) is 11.2 Å². The molecular formula is C13H14FNO2. The van der Waals surface area contributed by atoms with Gasteiger partial charge in [0.25, 0.3) is 0 Å². The molecule has 0 saturated heterocycles. The van der Waals surface area contributed by atoms with Gasteiger partial charge in [-0.1, -0.05) is 24.1 Å². The molecule has 0 amide bonds. The summed E-state index contributed by atoms with van der Waals surface area (Å²) in [7, 11) is 0. The quantitative estimate of drug-likeness (QED) is 0.623. The average molecular weight is 235 g/mol. The second-order valence-electron chi connectivity index (χ2n) is 3.29. The van der Waals surface area contributed by atoms with Gasteiger partial charge < -0.3 is 4.74 Å². The zero-order valence-corrected chi connectivity index (χ0v) is 9.57. The average Bonchev–Trinajstić information content (AvgIpc) is 2.32. The van der Waals surface area contributed by atoms with E-state index in [4.69, 9.17) is 11.2 Å². The monoisotopic (exact) mass is 235 g/mol. The van der Waals surface area contributed by atoms with Gasteiger partial charge in [0.1, 0.15) is 11.9 Å². The Kier molecular flexibility index (Phi) is 5.18. The van der Waals surface area contributed by atoms with Crippen molar-refractivity contribution in [2.24, 2.45) is 0 Å². The van der Waals surface area contributed by atoms with Crippen molar-refractivity contribution in [3.05, 3.63) is 35.6 Å². The number of carbonyl (C=O) groups is 1. The number of benzene rings is 1. The molecule has 0 saturated carbocycles. The van der Waals surface area contributed by atoms with Crippen molar-refractivity contribution in [2.45, 2.75) is 13.0 Å². The normalized spacial score (nSPS) is 11.6. The van der Waals surface area contributed by atoms with E-state index >= 15 is 0 Å². The maximum atomic E-state index is 13.6. The molecule has 90 valence electrons. The number of hydrogen-bond acceptors (Lipinski definition) is 3. The van der Waals surface area contributed by atoms with Crippen molar-refractivity contribution in [2.75, 3.05) is 13.2 Å². The van der Waals surface area contributed by atoms with Crippen molar-refractivity contribution < 1.29 is 13.9 Å². The standard InChI is InChI=1S/C13H14FNO2/c1-3-9-15-12(13(16)17-4-2)10-7-5-6-8-11(10)14/h1,5-8,12,15H,4,9H2,2H3. The highest BCUT2D eigenvalue weighted by molar-refractivity contribution is 5.77. The van der Waals surface area contributed by atoms with Gasteiger partial charge in [-0.3, -0.25) is 5.32 Å². The highest BCUT2D eigenvalue weighted by Gasteiger charge is 2.23. The van der Waals surface area contributed by atoms with E-state index in [1.54, 1.807) is 19.1 Å². The predicted octanol–water partition coefficient (Wildman–Crippen LogP) is 1.65. The first-order valence-electron chi connectivity index (χ1n) is 5.28. The van der Waals surface area contributed by atoms with Gasteiger partial charge in [-0.2, -0.15) is 0 Å². The van der Waals surface area contributed by atoms with E-state index in [1.165, 1.54) is 12.1 Å². The molecule has 1 aromatic carbocycles. The third kappa shape index (κ3) is 3.58. The molecule has 1 N–H and O–H groups in total. The van der Waals surface area contributed by atoms with Crippen molar-refractivity contribution in [1.29, 1.82) is 0 Å². The molecule has 4 heteroatoms. The van der Waals surface area contributed by atoms with E-state index < -0.39 is 17.8 Å². The van der Waals surface area contributed by atoms with Crippen molar-refractivity contribution in [3.63, 3.8) is 0 Å². The maximum Gasteiger partial charge on any atom is 0.327 e. The second-order valence-corrected chi connectivity index (χ2v) is 3.29. The predicted molar refractivity (Wildman–Crippen MR) is 62.6 cm³/mol. The number of rotatable bonds is 5. The summed E-state index contributed by atoms with van der Waals surface area (Å²) in [6.07, 6.45) is 5.11. The van der Waals surface area contributed by atoms with Crippen LogP contribution in [0.15, 0.2) is 24.3 Å².